The summed E-state index contributed by atoms with van der Waals surface area (Å²) < 4.78 is 36.5. The fraction of sp³-hybridized carbons (Fsp3) is 0.296. The highest BCUT2D eigenvalue weighted by Gasteiger charge is 2.27. The van der Waals surface area contributed by atoms with E-state index >= 15 is 0 Å². The number of halogens is 1. The maximum absolute atomic E-state index is 13.1. The normalized spacial score (nSPS) is 13.0. The van der Waals surface area contributed by atoms with Crippen LogP contribution in [0.1, 0.15) is 44.9 Å². The molecule has 1 atom stereocenters. The molecule has 2 N–H and O–H groups in total. The highest BCUT2D eigenvalue weighted by Crippen LogP contribution is 2.32. The molecule has 0 fully saturated rings. The number of rotatable bonds is 6. The zero-order valence-electron chi connectivity index (χ0n) is 21.9. The van der Waals surface area contributed by atoms with Gasteiger partial charge in [-0.15, -0.1) is 0 Å². The molecule has 0 saturated heterocycles. The second kappa shape index (κ2) is 10.0. The fourth-order valence-corrected chi connectivity index (χ4v) is 5.87. The molecular formula is C27H29ClN4O5S. The molecule has 0 bridgehead atoms. The molecule has 4 rings (SSSR count). The topological polar surface area (TPSA) is 123 Å². The molecule has 11 heteroatoms. The highest BCUT2D eigenvalue weighted by atomic mass is 35.5. The summed E-state index contributed by atoms with van der Waals surface area (Å²) in [6.07, 6.45) is 1.60. The van der Waals surface area contributed by atoms with Gasteiger partial charge in [-0.25, -0.2) is 18.1 Å². The zero-order chi connectivity index (χ0) is 28.0. The molecule has 3 heterocycles. The minimum Gasteiger partial charge on any atom is -0.455 e. The summed E-state index contributed by atoms with van der Waals surface area (Å²) >= 11 is 6.06. The first-order chi connectivity index (χ1) is 17.6. The Balaban J connectivity index is 1.84. The van der Waals surface area contributed by atoms with Crippen LogP contribution in [0.4, 0.5) is 5.69 Å². The smallest absolute Gasteiger partial charge is 0.260 e. The average molecular weight is 557 g/mol. The number of anilines is 1. The number of aryl methyl sites for hydroxylation is 2. The van der Waals surface area contributed by atoms with Crippen LogP contribution in [0.5, 0.6) is 0 Å². The number of benzene rings is 1. The summed E-state index contributed by atoms with van der Waals surface area (Å²) in [5.41, 5.74) is 1.48. The van der Waals surface area contributed by atoms with E-state index < -0.39 is 21.6 Å². The van der Waals surface area contributed by atoms with Crippen molar-refractivity contribution in [1.29, 1.82) is 0 Å². The molecule has 1 unspecified atom stereocenters. The van der Waals surface area contributed by atoms with Crippen molar-refractivity contribution in [2.24, 2.45) is 7.05 Å². The predicted octanol–water partition coefficient (Wildman–Crippen LogP) is 4.77. The SMILES string of the molecule is Cc1cc(C(C)Nc2ccc(Cl)nc2S(=O)(=O)NC(C)(C)C)c2oc(-c3ccc(=O)n(C)c3)cc(=O)c2c1. The van der Waals surface area contributed by atoms with E-state index in [1.54, 1.807) is 52.2 Å². The number of fused-ring (bicyclic) bond motifs is 1. The van der Waals surface area contributed by atoms with E-state index in [-0.39, 0.29) is 26.9 Å². The summed E-state index contributed by atoms with van der Waals surface area (Å²) in [6, 6.07) is 10.6. The molecular weight excluding hydrogens is 528 g/mol. The molecule has 0 aliphatic carbocycles. The third kappa shape index (κ3) is 5.82. The number of nitrogens with zero attached hydrogens (tertiary/aromatic N) is 2. The van der Waals surface area contributed by atoms with Crippen molar-refractivity contribution >= 4 is 38.3 Å². The Labute approximate surface area is 225 Å². The van der Waals surface area contributed by atoms with Crippen molar-refractivity contribution in [2.45, 2.75) is 51.2 Å². The lowest BCUT2D eigenvalue weighted by Gasteiger charge is -2.23. The van der Waals surface area contributed by atoms with E-state index in [4.69, 9.17) is 16.0 Å². The molecule has 4 aromatic rings. The Kier molecular flexibility index (Phi) is 7.26. The van der Waals surface area contributed by atoms with Gasteiger partial charge in [-0.3, -0.25) is 9.59 Å². The Hall–Kier alpha value is -3.47. The van der Waals surface area contributed by atoms with Crippen LogP contribution in [0.15, 0.2) is 67.7 Å². The van der Waals surface area contributed by atoms with Crippen LogP contribution >= 0.6 is 11.6 Å². The van der Waals surface area contributed by atoms with Gasteiger partial charge in [0.1, 0.15) is 16.5 Å². The molecule has 0 spiro atoms. The van der Waals surface area contributed by atoms with Crippen LogP contribution in [-0.4, -0.2) is 23.5 Å². The Morgan fingerprint density at radius 1 is 1.08 bits per heavy atom. The summed E-state index contributed by atoms with van der Waals surface area (Å²) in [6.45, 7) is 8.88. The number of sulfonamides is 1. The van der Waals surface area contributed by atoms with Gasteiger partial charge in [0.25, 0.3) is 10.0 Å². The van der Waals surface area contributed by atoms with E-state index in [0.717, 1.165) is 5.56 Å². The van der Waals surface area contributed by atoms with Crippen molar-refractivity contribution < 1.29 is 12.8 Å². The minimum atomic E-state index is -4.02. The molecule has 3 aromatic heterocycles. The number of hydrogen-bond donors (Lipinski definition) is 2. The second-order valence-electron chi connectivity index (χ2n) is 10.3. The zero-order valence-corrected chi connectivity index (χ0v) is 23.5. The van der Waals surface area contributed by atoms with Gasteiger partial charge in [-0.05, 0) is 64.4 Å². The third-order valence-corrected chi connectivity index (χ3v) is 7.64. The largest absolute Gasteiger partial charge is 0.455 e. The van der Waals surface area contributed by atoms with Gasteiger partial charge in [0.05, 0.1) is 17.1 Å². The van der Waals surface area contributed by atoms with Crippen LogP contribution < -0.4 is 21.0 Å². The number of nitrogens with one attached hydrogen (secondary N) is 2. The Morgan fingerprint density at radius 2 is 1.79 bits per heavy atom. The van der Waals surface area contributed by atoms with Crippen LogP contribution in [0.3, 0.4) is 0 Å². The molecule has 0 radical (unpaired) electrons. The molecule has 0 amide bonds. The standard InChI is InChI=1S/C27H29ClN4O5S/c1-15-11-18(16(2)29-20-8-9-23(28)30-26(20)38(35,36)31-27(3,4)5)25-19(12-15)21(33)13-22(37-25)17-7-10-24(34)32(6)14-17/h7-14,16,29,31H,1-6H3. The second-order valence-corrected chi connectivity index (χ2v) is 12.3. The summed E-state index contributed by atoms with van der Waals surface area (Å²) in [5, 5.41) is 3.39. The van der Waals surface area contributed by atoms with Crippen molar-refractivity contribution in [2.75, 3.05) is 5.32 Å². The van der Waals surface area contributed by atoms with Crippen molar-refractivity contribution in [1.82, 2.24) is 14.3 Å². The number of hydrogen-bond acceptors (Lipinski definition) is 7. The van der Waals surface area contributed by atoms with E-state index in [1.807, 2.05) is 19.9 Å². The van der Waals surface area contributed by atoms with Crippen LogP contribution in [0, 0.1) is 6.92 Å². The predicted molar refractivity (Wildman–Crippen MR) is 149 cm³/mol. The highest BCUT2D eigenvalue weighted by molar-refractivity contribution is 7.89. The van der Waals surface area contributed by atoms with Crippen molar-refractivity contribution in [3.05, 3.63) is 85.5 Å². The van der Waals surface area contributed by atoms with Gasteiger partial charge in [0.15, 0.2) is 10.5 Å². The lowest BCUT2D eigenvalue weighted by Crippen LogP contribution is -2.41. The third-order valence-electron chi connectivity index (χ3n) is 5.73. The lowest BCUT2D eigenvalue weighted by molar-refractivity contribution is 0.490. The van der Waals surface area contributed by atoms with Gasteiger partial charge in [-0.2, -0.15) is 0 Å². The van der Waals surface area contributed by atoms with Crippen molar-refractivity contribution in [3.8, 4) is 11.3 Å². The average Bonchev–Trinajstić information content (AvgIpc) is 2.80. The summed E-state index contributed by atoms with van der Waals surface area (Å²) in [7, 11) is -2.40. The number of pyridine rings is 2. The first-order valence-corrected chi connectivity index (χ1v) is 13.7. The van der Waals surface area contributed by atoms with E-state index in [9.17, 15) is 18.0 Å². The van der Waals surface area contributed by atoms with E-state index in [1.165, 1.54) is 22.8 Å². The maximum atomic E-state index is 13.1. The van der Waals surface area contributed by atoms with E-state index in [0.29, 0.717) is 27.9 Å². The molecule has 1 aromatic carbocycles. The minimum absolute atomic E-state index is 0.0337. The molecule has 0 aliphatic heterocycles. The molecule has 9 nitrogen and oxygen atoms in total. The molecule has 0 aliphatic rings. The van der Waals surface area contributed by atoms with Gasteiger partial charge >= 0.3 is 0 Å². The Morgan fingerprint density at radius 3 is 2.45 bits per heavy atom. The fourth-order valence-electron chi connectivity index (χ4n) is 4.13. The van der Waals surface area contributed by atoms with Gasteiger partial charge in [0.2, 0.25) is 5.56 Å². The van der Waals surface area contributed by atoms with Crippen LogP contribution in [0.25, 0.3) is 22.3 Å². The first-order valence-electron chi connectivity index (χ1n) is 11.9. The molecule has 38 heavy (non-hydrogen) atoms. The molecule has 200 valence electrons. The Bertz CT molecular complexity index is 1770. The van der Waals surface area contributed by atoms with Crippen LogP contribution in [0.2, 0.25) is 5.15 Å². The van der Waals surface area contributed by atoms with Crippen LogP contribution in [-0.2, 0) is 17.1 Å². The quantitative estimate of drug-likeness (QED) is 0.328. The van der Waals surface area contributed by atoms with Crippen molar-refractivity contribution in [3.63, 3.8) is 0 Å². The van der Waals surface area contributed by atoms with Gasteiger partial charge in [0, 0.05) is 42.0 Å². The van der Waals surface area contributed by atoms with E-state index in [2.05, 4.69) is 15.0 Å². The first kappa shape index (κ1) is 27.6. The van der Waals surface area contributed by atoms with Gasteiger partial charge < -0.3 is 14.3 Å². The lowest BCUT2D eigenvalue weighted by atomic mass is 10.0. The maximum Gasteiger partial charge on any atom is 0.260 e. The summed E-state index contributed by atoms with van der Waals surface area (Å²) in [4.78, 5) is 29.0. The number of aromatic nitrogens is 2. The van der Waals surface area contributed by atoms with Gasteiger partial charge in [-0.1, -0.05) is 17.7 Å². The molecule has 0 saturated carbocycles. The summed E-state index contributed by atoms with van der Waals surface area (Å²) in [5.74, 6) is 0.307. The monoisotopic (exact) mass is 556 g/mol.